The molecule has 0 saturated carbocycles. The highest BCUT2D eigenvalue weighted by atomic mass is 16.5. The number of carboxylic acid groups (broad SMARTS) is 1. The minimum Gasteiger partial charge on any atom is -0.495 e. The molecule has 0 spiro atoms. The van der Waals surface area contributed by atoms with Crippen LogP contribution in [0, 0.1) is 5.92 Å². The van der Waals surface area contributed by atoms with Crippen LogP contribution in [0.4, 0.5) is 11.5 Å². The lowest BCUT2D eigenvalue weighted by atomic mass is 9.96. The van der Waals surface area contributed by atoms with Crippen LogP contribution in [0.1, 0.15) is 23.2 Å². The zero-order chi connectivity index (χ0) is 18.5. The van der Waals surface area contributed by atoms with E-state index < -0.39 is 5.97 Å². The van der Waals surface area contributed by atoms with Gasteiger partial charge in [-0.3, -0.25) is 9.59 Å². The number of likely N-dealkylation sites (tertiary alicyclic amines) is 1. The number of nitrogens with one attached hydrogen (secondary N) is 1. The number of benzene rings is 1. The van der Waals surface area contributed by atoms with Crippen molar-refractivity contribution < 1.29 is 19.4 Å². The Morgan fingerprint density at radius 1 is 1.19 bits per heavy atom. The number of piperidine rings is 1. The Labute approximate surface area is 151 Å². The second-order valence-corrected chi connectivity index (χ2v) is 6.13. The van der Waals surface area contributed by atoms with E-state index in [0.29, 0.717) is 48.7 Å². The van der Waals surface area contributed by atoms with E-state index in [1.165, 1.54) is 0 Å². The number of carbonyl (C=O) groups excluding carboxylic acids is 1. The number of aromatic nitrogens is 1. The highest BCUT2D eigenvalue weighted by Gasteiger charge is 2.28. The molecule has 2 N–H and O–H groups in total. The van der Waals surface area contributed by atoms with Gasteiger partial charge >= 0.3 is 5.97 Å². The average Bonchev–Trinajstić information content (AvgIpc) is 2.68. The molecular weight excluding hydrogens is 334 g/mol. The van der Waals surface area contributed by atoms with Crippen molar-refractivity contribution in [1.82, 2.24) is 9.88 Å². The van der Waals surface area contributed by atoms with Gasteiger partial charge in [0.25, 0.3) is 5.91 Å². The molecule has 1 aliphatic heterocycles. The van der Waals surface area contributed by atoms with Crippen molar-refractivity contribution in [2.24, 2.45) is 5.92 Å². The topological polar surface area (TPSA) is 91.8 Å². The molecule has 1 aliphatic rings. The fourth-order valence-corrected chi connectivity index (χ4v) is 3.05. The number of pyridine rings is 1. The standard InChI is InChI=1S/C19H21N3O4/c1-26-16-7-3-2-6-15(16)21-17-14(5-4-10-20-17)18(23)22-11-8-13(9-12-22)19(24)25/h2-7,10,13H,8-9,11-12H2,1H3,(H,20,21)(H,24,25). The first-order chi connectivity index (χ1) is 12.6. The van der Waals surface area contributed by atoms with Gasteiger partial charge in [-0.1, -0.05) is 12.1 Å². The summed E-state index contributed by atoms with van der Waals surface area (Å²) in [6, 6.07) is 10.8. The number of carbonyl (C=O) groups is 2. The van der Waals surface area contributed by atoms with E-state index in [-0.39, 0.29) is 11.8 Å². The first-order valence-corrected chi connectivity index (χ1v) is 8.47. The highest BCUT2D eigenvalue weighted by Crippen LogP contribution is 2.28. The molecule has 0 atom stereocenters. The summed E-state index contributed by atoms with van der Waals surface area (Å²) in [5.74, 6) is -0.225. The summed E-state index contributed by atoms with van der Waals surface area (Å²) >= 11 is 0. The number of amides is 1. The lowest BCUT2D eigenvalue weighted by molar-refractivity contribution is -0.143. The summed E-state index contributed by atoms with van der Waals surface area (Å²) in [5.41, 5.74) is 1.17. The molecule has 1 saturated heterocycles. The molecule has 0 bridgehead atoms. The summed E-state index contributed by atoms with van der Waals surface area (Å²) in [6.07, 6.45) is 2.55. The lowest BCUT2D eigenvalue weighted by Crippen LogP contribution is -2.40. The lowest BCUT2D eigenvalue weighted by Gasteiger charge is -2.30. The number of carboxylic acids is 1. The van der Waals surface area contributed by atoms with Gasteiger partial charge in [0.2, 0.25) is 0 Å². The third-order valence-corrected chi connectivity index (χ3v) is 4.53. The summed E-state index contributed by atoms with van der Waals surface area (Å²) in [4.78, 5) is 30.0. The quantitative estimate of drug-likeness (QED) is 0.857. The molecule has 2 heterocycles. The van der Waals surface area contributed by atoms with Crippen LogP contribution in [0.25, 0.3) is 0 Å². The number of hydrogen-bond acceptors (Lipinski definition) is 5. The summed E-state index contributed by atoms with van der Waals surface area (Å²) < 4.78 is 5.33. The van der Waals surface area contributed by atoms with Crippen LogP contribution in [0.2, 0.25) is 0 Å². The van der Waals surface area contributed by atoms with Crippen LogP contribution in [0.3, 0.4) is 0 Å². The van der Waals surface area contributed by atoms with Gasteiger partial charge in [-0.2, -0.15) is 0 Å². The first-order valence-electron chi connectivity index (χ1n) is 8.47. The SMILES string of the molecule is COc1ccccc1Nc1ncccc1C(=O)N1CCC(C(=O)O)CC1. The van der Waals surface area contributed by atoms with Crippen LogP contribution in [0.15, 0.2) is 42.6 Å². The number of para-hydroxylation sites is 2. The van der Waals surface area contributed by atoms with E-state index in [0.717, 1.165) is 0 Å². The molecule has 1 aromatic heterocycles. The molecule has 26 heavy (non-hydrogen) atoms. The maximum Gasteiger partial charge on any atom is 0.306 e. The summed E-state index contributed by atoms with van der Waals surface area (Å²) in [5, 5.41) is 12.3. The first kappa shape index (κ1) is 17.7. The van der Waals surface area contributed by atoms with Gasteiger partial charge in [-0.15, -0.1) is 0 Å². The number of rotatable bonds is 5. The maximum atomic E-state index is 12.9. The fraction of sp³-hybridized carbons (Fsp3) is 0.316. The Hall–Kier alpha value is -3.09. The number of methoxy groups -OCH3 is 1. The van der Waals surface area contributed by atoms with E-state index in [1.54, 1.807) is 30.3 Å². The predicted molar refractivity (Wildman–Crippen MR) is 96.8 cm³/mol. The fourth-order valence-electron chi connectivity index (χ4n) is 3.05. The minimum absolute atomic E-state index is 0.153. The van der Waals surface area contributed by atoms with Crippen LogP contribution in [-0.2, 0) is 4.79 Å². The van der Waals surface area contributed by atoms with Gasteiger partial charge in [-0.25, -0.2) is 4.98 Å². The Morgan fingerprint density at radius 3 is 2.62 bits per heavy atom. The molecule has 2 aromatic rings. The Bertz CT molecular complexity index is 801. The number of anilines is 2. The predicted octanol–water partition coefficient (Wildman–Crippen LogP) is 2.77. The van der Waals surface area contributed by atoms with Crippen LogP contribution in [-0.4, -0.2) is 47.1 Å². The second-order valence-electron chi connectivity index (χ2n) is 6.13. The third kappa shape index (κ3) is 3.77. The van der Waals surface area contributed by atoms with Crippen molar-refractivity contribution in [3.63, 3.8) is 0 Å². The van der Waals surface area contributed by atoms with Crippen LogP contribution in [0.5, 0.6) is 5.75 Å². The maximum absolute atomic E-state index is 12.9. The zero-order valence-electron chi connectivity index (χ0n) is 14.5. The normalized spacial score (nSPS) is 14.7. The Morgan fingerprint density at radius 2 is 1.92 bits per heavy atom. The molecule has 1 fully saturated rings. The number of hydrogen-bond donors (Lipinski definition) is 2. The van der Waals surface area contributed by atoms with Crippen molar-refractivity contribution in [3.05, 3.63) is 48.2 Å². The van der Waals surface area contributed by atoms with E-state index in [1.807, 2.05) is 24.3 Å². The number of ether oxygens (including phenoxy) is 1. The van der Waals surface area contributed by atoms with E-state index in [9.17, 15) is 9.59 Å². The third-order valence-electron chi connectivity index (χ3n) is 4.53. The van der Waals surface area contributed by atoms with Crippen molar-refractivity contribution in [2.45, 2.75) is 12.8 Å². The monoisotopic (exact) mass is 355 g/mol. The second kappa shape index (κ2) is 7.86. The molecule has 1 aromatic carbocycles. The molecule has 7 heteroatoms. The average molecular weight is 355 g/mol. The Balaban J connectivity index is 1.79. The van der Waals surface area contributed by atoms with E-state index in [2.05, 4.69) is 10.3 Å². The Kier molecular flexibility index (Phi) is 5.36. The zero-order valence-corrected chi connectivity index (χ0v) is 14.5. The number of aliphatic carboxylic acids is 1. The molecule has 3 rings (SSSR count). The number of nitrogens with zero attached hydrogens (tertiary/aromatic N) is 2. The molecule has 0 unspecified atom stereocenters. The largest absolute Gasteiger partial charge is 0.495 e. The van der Waals surface area contributed by atoms with Gasteiger partial charge in [0.1, 0.15) is 11.6 Å². The van der Waals surface area contributed by atoms with Crippen LogP contribution < -0.4 is 10.1 Å². The van der Waals surface area contributed by atoms with Gasteiger partial charge in [0, 0.05) is 19.3 Å². The molecular formula is C19H21N3O4. The molecule has 0 radical (unpaired) electrons. The van der Waals surface area contributed by atoms with Crippen LogP contribution >= 0.6 is 0 Å². The van der Waals surface area contributed by atoms with Gasteiger partial charge in [0.15, 0.2) is 0 Å². The minimum atomic E-state index is -0.794. The highest BCUT2D eigenvalue weighted by molar-refractivity contribution is 5.99. The van der Waals surface area contributed by atoms with Crippen molar-refractivity contribution >= 4 is 23.4 Å². The van der Waals surface area contributed by atoms with Gasteiger partial charge < -0.3 is 20.1 Å². The van der Waals surface area contributed by atoms with Crippen molar-refractivity contribution in [2.75, 3.05) is 25.5 Å². The molecule has 136 valence electrons. The van der Waals surface area contributed by atoms with E-state index in [4.69, 9.17) is 9.84 Å². The van der Waals surface area contributed by atoms with Gasteiger partial charge in [0.05, 0.1) is 24.3 Å². The molecule has 7 nitrogen and oxygen atoms in total. The van der Waals surface area contributed by atoms with Crippen molar-refractivity contribution in [3.8, 4) is 5.75 Å². The molecule has 1 amide bonds. The summed E-state index contributed by atoms with van der Waals surface area (Å²) in [7, 11) is 1.58. The van der Waals surface area contributed by atoms with Crippen molar-refractivity contribution in [1.29, 1.82) is 0 Å². The van der Waals surface area contributed by atoms with E-state index >= 15 is 0 Å². The summed E-state index contributed by atoms with van der Waals surface area (Å²) in [6.45, 7) is 0.859. The molecule has 0 aliphatic carbocycles. The smallest absolute Gasteiger partial charge is 0.306 e. The van der Waals surface area contributed by atoms with Gasteiger partial charge in [-0.05, 0) is 37.1 Å².